The van der Waals surface area contributed by atoms with Crippen LogP contribution in [0.5, 0.6) is 5.75 Å². The van der Waals surface area contributed by atoms with Gasteiger partial charge in [-0.25, -0.2) is 4.79 Å². The highest BCUT2D eigenvalue weighted by Gasteiger charge is 2.42. The van der Waals surface area contributed by atoms with Crippen molar-refractivity contribution in [3.05, 3.63) is 64.8 Å². The maximum absolute atomic E-state index is 11.5. The largest absolute Gasteiger partial charge is 0.496 e. The van der Waals surface area contributed by atoms with Crippen molar-refractivity contribution < 1.29 is 19.4 Å². The van der Waals surface area contributed by atoms with E-state index in [0.717, 1.165) is 61.6 Å². The van der Waals surface area contributed by atoms with Crippen molar-refractivity contribution in [1.82, 2.24) is 9.88 Å². The third-order valence-electron chi connectivity index (χ3n) is 8.49. The predicted molar refractivity (Wildman–Crippen MR) is 141 cm³/mol. The first-order chi connectivity index (χ1) is 16.9. The maximum Gasteiger partial charge on any atom is 0.335 e. The van der Waals surface area contributed by atoms with Gasteiger partial charge in [0.15, 0.2) is 0 Å². The number of aromatic nitrogens is 1. The Morgan fingerprint density at radius 3 is 2.63 bits per heavy atom. The highest BCUT2D eigenvalue weighted by atomic mass is 28.1. The molecule has 2 saturated heterocycles. The minimum Gasteiger partial charge on any atom is -0.496 e. The first-order valence-electron chi connectivity index (χ1n) is 12.7. The Morgan fingerprint density at radius 1 is 1.20 bits per heavy atom. The zero-order chi connectivity index (χ0) is 24.6. The number of nitrogens with zero attached hydrogens (tertiary/aromatic N) is 1. The maximum atomic E-state index is 11.5. The van der Waals surface area contributed by atoms with Gasteiger partial charge in [-0.05, 0) is 86.4 Å². The van der Waals surface area contributed by atoms with Crippen LogP contribution in [0.15, 0.2) is 42.6 Å². The van der Waals surface area contributed by atoms with Gasteiger partial charge in [0, 0.05) is 57.8 Å². The minimum absolute atomic E-state index is 0.0726. The van der Waals surface area contributed by atoms with Crippen molar-refractivity contribution >= 4 is 27.1 Å². The van der Waals surface area contributed by atoms with E-state index >= 15 is 0 Å². The van der Waals surface area contributed by atoms with Gasteiger partial charge in [0.2, 0.25) is 0 Å². The third-order valence-corrected chi connectivity index (χ3v) is 10.1. The molecule has 0 unspecified atom stereocenters. The molecule has 3 aromatic rings. The van der Waals surface area contributed by atoms with E-state index < -0.39 is 5.97 Å². The lowest BCUT2D eigenvalue weighted by molar-refractivity contribution is 0.00230. The highest BCUT2D eigenvalue weighted by Crippen LogP contribution is 2.45. The van der Waals surface area contributed by atoms with Crippen LogP contribution in [-0.4, -0.2) is 58.1 Å². The van der Waals surface area contributed by atoms with E-state index in [1.807, 2.05) is 18.3 Å². The van der Waals surface area contributed by atoms with Crippen LogP contribution in [0.2, 0.25) is 0 Å². The van der Waals surface area contributed by atoms with Gasteiger partial charge < -0.3 is 19.6 Å². The van der Waals surface area contributed by atoms with Crippen molar-refractivity contribution in [1.29, 1.82) is 0 Å². The average molecular weight is 493 g/mol. The third kappa shape index (κ3) is 4.53. The van der Waals surface area contributed by atoms with Gasteiger partial charge in [-0.15, -0.1) is 0 Å². The number of carbonyl (C=O) groups is 1. The highest BCUT2D eigenvalue weighted by molar-refractivity contribution is 6.15. The van der Waals surface area contributed by atoms with Gasteiger partial charge in [0.25, 0.3) is 0 Å². The summed E-state index contributed by atoms with van der Waals surface area (Å²) in [7, 11) is 2.70. The SMILES string of the molecule is COc1cc(C)c2[nH]ccc2c1CN1CC[C@H](C2CCOCC2)C[C@]1([SiH3])c1ccc(C(=O)O)cc1. The van der Waals surface area contributed by atoms with Crippen LogP contribution in [0.4, 0.5) is 0 Å². The van der Waals surface area contributed by atoms with Crippen LogP contribution in [0.3, 0.4) is 0 Å². The molecule has 5 rings (SSSR count). The number of likely N-dealkylation sites (tertiary alicyclic amines) is 1. The lowest BCUT2D eigenvalue weighted by Crippen LogP contribution is -2.53. The number of hydrogen-bond donors (Lipinski definition) is 2. The molecule has 186 valence electrons. The summed E-state index contributed by atoms with van der Waals surface area (Å²) in [6.07, 6.45) is 6.61. The molecule has 0 radical (unpaired) electrons. The van der Waals surface area contributed by atoms with Crippen LogP contribution in [0, 0.1) is 18.8 Å². The first-order valence-corrected chi connectivity index (χ1v) is 13.7. The molecule has 2 N–H and O–H groups in total. The predicted octanol–water partition coefficient (Wildman–Crippen LogP) is 4.04. The molecule has 35 heavy (non-hydrogen) atoms. The number of methoxy groups -OCH3 is 1. The number of rotatable bonds is 6. The van der Waals surface area contributed by atoms with E-state index in [1.54, 1.807) is 19.2 Å². The Labute approximate surface area is 210 Å². The van der Waals surface area contributed by atoms with E-state index in [9.17, 15) is 9.90 Å². The van der Waals surface area contributed by atoms with Crippen molar-refractivity contribution in [2.45, 2.75) is 44.3 Å². The molecule has 2 aliphatic rings. The lowest BCUT2D eigenvalue weighted by Gasteiger charge is -2.50. The molecule has 2 fully saturated rings. The number of aromatic carboxylic acids is 1. The summed E-state index contributed by atoms with van der Waals surface area (Å²) in [5, 5.41) is 10.6. The van der Waals surface area contributed by atoms with E-state index in [-0.39, 0.29) is 5.16 Å². The van der Waals surface area contributed by atoms with Gasteiger partial charge in [-0.2, -0.15) is 0 Å². The summed E-state index contributed by atoms with van der Waals surface area (Å²) >= 11 is 0. The number of H-pyrrole nitrogens is 1. The number of carboxylic acids is 1. The van der Waals surface area contributed by atoms with Crippen molar-refractivity contribution in [2.75, 3.05) is 26.9 Å². The minimum atomic E-state index is -0.876. The fourth-order valence-electron chi connectivity index (χ4n) is 6.40. The summed E-state index contributed by atoms with van der Waals surface area (Å²) < 4.78 is 11.5. The van der Waals surface area contributed by atoms with Gasteiger partial charge in [-0.3, -0.25) is 4.90 Å². The second-order valence-electron chi connectivity index (χ2n) is 10.4. The van der Waals surface area contributed by atoms with Crippen LogP contribution in [0.1, 0.15) is 52.7 Å². The Kier molecular flexibility index (Phi) is 6.75. The summed E-state index contributed by atoms with van der Waals surface area (Å²) in [4.78, 5) is 17.5. The molecule has 2 aliphatic heterocycles. The molecule has 3 heterocycles. The Bertz CT molecular complexity index is 1200. The lowest BCUT2D eigenvalue weighted by atomic mass is 9.75. The number of ether oxygens (including phenoxy) is 2. The van der Waals surface area contributed by atoms with E-state index in [2.05, 4.69) is 28.9 Å². The Balaban J connectivity index is 1.53. The smallest absolute Gasteiger partial charge is 0.335 e. The molecule has 6 nitrogen and oxygen atoms in total. The van der Waals surface area contributed by atoms with E-state index in [4.69, 9.17) is 9.47 Å². The fourth-order valence-corrected chi connectivity index (χ4v) is 7.64. The molecule has 1 aromatic heterocycles. The topological polar surface area (TPSA) is 74.8 Å². The number of aryl methyl sites for hydroxylation is 1. The van der Waals surface area contributed by atoms with E-state index in [0.29, 0.717) is 17.4 Å². The zero-order valence-corrected chi connectivity index (χ0v) is 23.0. The number of carboxylic acid groups (broad SMARTS) is 1. The summed E-state index contributed by atoms with van der Waals surface area (Å²) in [6, 6.07) is 11.9. The number of benzene rings is 2. The summed E-state index contributed by atoms with van der Waals surface area (Å²) in [6.45, 7) is 5.69. The molecule has 2 aromatic carbocycles. The number of aromatic amines is 1. The average Bonchev–Trinajstić information content (AvgIpc) is 3.38. The fraction of sp³-hybridized carbons (Fsp3) is 0.464. The first kappa shape index (κ1) is 24.1. The summed E-state index contributed by atoms with van der Waals surface area (Å²) in [5.41, 5.74) is 5.16. The number of hydrogen-bond acceptors (Lipinski definition) is 4. The van der Waals surface area contributed by atoms with Gasteiger partial charge in [0.1, 0.15) is 5.75 Å². The molecule has 2 atom stereocenters. The number of piperidine rings is 1. The Morgan fingerprint density at radius 2 is 1.94 bits per heavy atom. The number of fused-ring (bicyclic) bond motifs is 1. The monoisotopic (exact) mass is 492 g/mol. The molecule has 7 heteroatoms. The second kappa shape index (κ2) is 9.80. The quantitative estimate of drug-likeness (QED) is 0.508. The van der Waals surface area contributed by atoms with Crippen LogP contribution in [0.25, 0.3) is 10.9 Å². The van der Waals surface area contributed by atoms with Crippen molar-refractivity contribution in [2.24, 2.45) is 11.8 Å². The molecule has 0 bridgehead atoms. The number of nitrogens with one attached hydrogen (secondary N) is 1. The molecule has 0 amide bonds. The summed E-state index contributed by atoms with van der Waals surface area (Å²) in [5.74, 6) is 1.44. The second-order valence-corrected chi connectivity index (χ2v) is 12.1. The Hall–Kier alpha value is -2.61. The molecule has 0 aliphatic carbocycles. The van der Waals surface area contributed by atoms with Crippen molar-refractivity contribution in [3.8, 4) is 5.75 Å². The van der Waals surface area contributed by atoms with Crippen LogP contribution >= 0.6 is 0 Å². The van der Waals surface area contributed by atoms with E-state index in [1.165, 1.54) is 34.0 Å². The standard InChI is InChI=1S/C28H36N2O4Si/c1-18-15-25(33-2)24(23-7-11-29-26(18)23)17-30-12-8-21(19-9-13-34-14-10-19)16-28(30,35)22-5-3-20(4-6-22)27(31)32/h3-7,11,15,19,21,29H,8-10,12-14,16-17H2,1-2,35H3,(H,31,32)/t21-,28-/m0/s1. The normalized spacial score (nSPS) is 24.1. The zero-order valence-electron chi connectivity index (χ0n) is 21.0. The van der Waals surface area contributed by atoms with Gasteiger partial charge in [-0.1, -0.05) is 12.1 Å². The van der Waals surface area contributed by atoms with Crippen molar-refractivity contribution in [3.63, 3.8) is 0 Å². The molecule has 0 spiro atoms. The molecular formula is C28H36N2O4Si. The molecular weight excluding hydrogens is 456 g/mol. The van der Waals surface area contributed by atoms with Crippen LogP contribution < -0.4 is 4.74 Å². The van der Waals surface area contributed by atoms with Gasteiger partial charge >= 0.3 is 5.97 Å². The van der Waals surface area contributed by atoms with Crippen LogP contribution in [-0.2, 0) is 16.4 Å². The van der Waals surface area contributed by atoms with Gasteiger partial charge in [0.05, 0.1) is 12.7 Å². The molecule has 0 saturated carbocycles.